The summed E-state index contributed by atoms with van der Waals surface area (Å²) in [5, 5.41) is 9.19. The largest absolute Gasteiger partial charge is 0.344 e. The van der Waals surface area contributed by atoms with Crippen molar-refractivity contribution in [2.24, 2.45) is 0 Å². The number of piperazine rings is 1. The number of hydrogen-bond acceptors (Lipinski definition) is 2. The maximum atomic E-state index is 9.19. The van der Waals surface area contributed by atoms with Crippen LogP contribution < -0.4 is 4.48 Å². The van der Waals surface area contributed by atoms with Gasteiger partial charge in [-0.2, -0.15) is 5.26 Å². The van der Waals surface area contributed by atoms with Gasteiger partial charge in [0.25, 0.3) is 0 Å². The first kappa shape index (κ1) is 22.3. The van der Waals surface area contributed by atoms with Crippen molar-refractivity contribution in [3.05, 3.63) is 83.4 Å². The van der Waals surface area contributed by atoms with Gasteiger partial charge in [-0.3, -0.25) is 4.48 Å². The molecule has 0 spiro atoms. The van der Waals surface area contributed by atoms with E-state index in [0.29, 0.717) is 0 Å². The summed E-state index contributed by atoms with van der Waals surface area (Å²) in [7, 11) is 0. The molecule has 0 atom stereocenters. The third kappa shape index (κ3) is 4.77. The van der Waals surface area contributed by atoms with Gasteiger partial charge in [0, 0.05) is 11.1 Å². The zero-order valence-electron chi connectivity index (χ0n) is 19.4. The first-order valence-electron chi connectivity index (χ1n) is 11.8. The number of nitriles is 1. The predicted molar refractivity (Wildman–Crippen MR) is 130 cm³/mol. The standard InChI is InChI=1S/C27H35N5/c1-3-4-13-31(21-26-19-29-22-30-26)14-16-32(17-15-31,27-8-6-5-7-23(27)2)20-25-11-9-24(18-28)10-12-25/h5-12,19,22H,3-4,13-17,20-21H2,1-2H3,(H,29,30)/q+2. The Balaban J connectivity index is 1.64. The fraction of sp³-hybridized carbons (Fsp3) is 0.407. The number of para-hydroxylation sites is 1. The van der Waals surface area contributed by atoms with Gasteiger partial charge in [0.1, 0.15) is 45.0 Å². The minimum Gasteiger partial charge on any atom is -0.344 e. The van der Waals surface area contributed by atoms with E-state index in [9.17, 15) is 5.26 Å². The lowest BCUT2D eigenvalue weighted by Gasteiger charge is -2.50. The molecule has 1 N–H and O–H groups in total. The number of nitrogens with zero attached hydrogens (tertiary/aromatic N) is 4. The fourth-order valence-corrected chi connectivity index (χ4v) is 5.33. The molecule has 166 valence electrons. The van der Waals surface area contributed by atoms with Crippen LogP contribution in [0.2, 0.25) is 0 Å². The average molecular weight is 430 g/mol. The van der Waals surface area contributed by atoms with E-state index in [-0.39, 0.29) is 0 Å². The van der Waals surface area contributed by atoms with Crippen LogP contribution in [0.5, 0.6) is 0 Å². The van der Waals surface area contributed by atoms with Crippen LogP contribution in [0.3, 0.4) is 0 Å². The topological polar surface area (TPSA) is 52.5 Å². The minimum atomic E-state index is 0.727. The SMILES string of the molecule is CCCC[N+]1(Cc2cnc[nH]2)CC[N+](Cc2ccc(C#N)cc2)(c2ccccc2C)CC1. The highest BCUT2D eigenvalue weighted by atomic mass is 15.5. The monoisotopic (exact) mass is 429 g/mol. The van der Waals surface area contributed by atoms with Crippen molar-refractivity contribution in [2.75, 3.05) is 32.7 Å². The van der Waals surface area contributed by atoms with Crippen LogP contribution in [-0.2, 0) is 13.1 Å². The van der Waals surface area contributed by atoms with Gasteiger partial charge in [-0.25, -0.2) is 4.98 Å². The second-order valence-corrected chi connectivity index (χ2v) is 9.45. The number of rotatable bonds is 8. The molecule has 4 rings (SSSR count). The molecular formula is C27H35N5+2. The Kier molecular flexibility index (Phi) is 6.74. The zero-order chi connectivity index (χ0) is 22.4. The van der Waals surface area contributed by atoms with E-state index in [1.165, 1.54) is 41.9 Å². The maximum Gasteiger partial charge on any atom is 0.136 e. The number of H-pyrrole nitrogens is 1. The number of benzene rings is 2. The molecule has 2 heterocycles. The van der Waals surface area contributed by atoms with Crippen LogP contribution in [0, 0.1) is 18.3 Å². The van der Waals surface area contributed by atoms with Gasteiger partial charge in [0.15, 0.2) is 0 Å². The molecule has 0 amide bonds. The first-order valence-corrected chi connectivity index (χ1v) is 11.8. The highest BCUT2D eigenvalue weighted by molar-refractivity contribution is 5.50. The summed E-state index contributed by atoms with van der Waals surface area (Å²) in [6.07, 6.45) is 6.27. The highest BCUT2D eigenvalue weighted by Crippen LogP contribution is 2.34. The van der Waals surface area contributed by atoms with Crippen molar-refractivity contribution in [1.29, 1.82) is 5.26 Å². The molecule has 0 unspecified atom stereocenters. The Labute approximate surface area is 192 Å². The summed E-state index contributed by atoms with van der Waals surface area (Å²) in [5.41, 5.74) is 6.07. The third-order valence-corrected chi connectivity index (χ3v) is 7.25. The molecule has 1 aliphatic rings. The van der Waals surface area contributed by atoms with Crippen molar-refractivity contribution in [1.82, 2.24) is 14.5 Å². The highest BCUT2D eigenvalue weighted by Gasteiger charge is 2.44. The summed E-state index contributed by atoms with van der Waals surface area (Å²) >= 11 is 0. The summed E-state index contributed by atoms with van der Waals surface area (Å²) in [4.78, 5) is 7.60. The summed E-state index contributed by atoms with van der Waals surface area (Å²) in [6.45, 7) is 12.3. The quantitative estimate of drug-likeness (QED) is 0.516. The zero-order valence-corrected chi connectivity index (χ0v) is 19.4. The maximum absolute atomic E-state index is 9.19. The van der Waals surface area contributed by atoms with Gasteiger partial charge in [-0.15, -0.1) is 0 Å². The number of aromatic amines is 1. The first-order chi connectivity index (χ1) is 15.6. The van der Waals surface area contributed by atoms with Crippen molar-refractivity contribution in [2.45, 2.75) is 39.8 Å². The molecule has 5 nitrogen and oxygen atoms in total. The van der Waals surface area contributed by atoms with Gasteiger partial charge in [-0.1, -0.05) is 43.7 Å². The molecule has 0 aliphatic carbocycles. The Morgan fingerprint density at radius 3 is 2.38 bits per heavy atom. The summed E-state index contributed by atoms with van der Waals surface area (Å²) < 4.78 is 2.11. The van der Waals surface area contributed by atoms with Crippen molar-refractivity contribution < 1.29 is 4.48 Å². The molecule has 1 aliphatic heterocycles. The molecule has 0 saturated carbocycles. The Morgan fingerprint density at radius 2 is 1.75 bits per heavy atom. The normalized spacial score (nSPS) is 23.0. The van der Waals surface area contributed by atoms with Crippen LogP contribution in [0.15, 0.2) is 61.1 Å². The van der Waals surface area contributed by atoms with Crippen LogP contribution in [-0.4, -0.2) is 47.2 Å². The molecule has 0 bridgehead atoms. The van der Waals surface area contributed by atoms with Gasteiger partial charge in [0.2, 0.25) is 0 Å². The van der Waals surface area contributed by atoms with Gasteiger partial charge in [0.05, 0.1) is 36.4 Å². The van der Waals surface area contributed by atoms with Crippen molar-refractivity contribution in [3.8, 4) is 6.07 Å². The van der Waals surface area contributed by atoms with Crippen LogP contribution >= 0.6 is 0 Å². The Bertz CT molecular complexity index is 1040. The average Bonchev–Trinajstić information content (AvgIpc) is 3.33. The minimum absolute atomic E-state index is 0.727. The lowest BCUT2D eigenvalue weighted by molar-refractivity contribution is -0.944. The van der Waals surface area contributed by atoms with E-state index in [1.54, 1.807) is 6.33 Å². The third-order valence-electron chi connectivity index (χ3n) is 7.25. The molecule has 1 aromatic heterocycles. The van der Waals surface area contributed by atoms with E-state index in [0.717, 1.165) is 53.8 Å². The van der Waals surface area contributed by atoms with Gasteiger partial charge in [-0.05, 0) is 31.5 Å². The van der Waals surface area contributed by atoms with Crippen molar-refractivity contribution >= 4 is 5.69 Å². The second-order valence-electron chi connectivity index (χ2n) is 9.45. The number of aromatic nitrogens is 2. The van der Waals surface area contributed by atoms with E-state index >= 15 is 0 Å². The second kappa shape index (κ2) is 9.68. The summed E-state index contributed by atoms with van der Waals surface area (Å²) in [6, 6.07) is 19.3. The van der Waals surface area contributed by atoms with Crippen molar-refractivity contribution in [3.63, 3.8) is 0 Å². The van der Waals surface area contributed by atoms with E-state index < -0.39 is 0 Å². The smallest absolute Gasteiger partial charge is 0.136 e. The molecule has 5 heteroatoms. The molecule has 3 aromatic rings. The number of imidazole rings is 1. The molecule has 32 heavy (non-hydrogen) atoms. The molecule has 1 fully saturated rings. The van der Waals surface area contributed by atoms with Crippen LogP contribution in [0.4, 0.5) is 5.69 Å². The van der Waals surface area contributed by atoms with E-state index in [4.69, 9.17) is 0 Å². The van der Waals surface area contributed by atoms with Crippen LogP contribution in [0.25, 0.3) is 0 Å². The van der Waals surface area contributed by atoms with E-state index in [1.807, 2.05) is 18.3 Å². The molecular weight excluding hydrogens is 394 g/mol. The lowest BCUT2D eigenvalue weighted by Crippen LogP contribution is -2.67. The molecule has 0 radical (unpaired) electrons. The van der Waals surface area contributed by atoms with Gasteiger partial charge >= 0.3 is 0 Å². The number of nitrogens with one attached hydrogen (secondary N) is 1. The van der Waals surface area contributed by atoms with E-state index in [2.05, 4.69) is 66.3 Å². The molecule has 2 aromatic carbocycles. The number of aryl methyl sites for hydroxylation is 1. The Hall–Kier alpha value is -2.94. The Morgan fingerprint density at radius 1 is 1.00 bits per heavy atom. The number of hydrogen-bond donors (Lipinski definition) is 1. The molecule has 1 saturated heterocycles. The summed E-state index contributed by atoms with van der Waals surface area (Å²) in [5.74, 6) is 0. The van der Waals surface area contributed by atoms with Crippen LogP contribution in [0.1, 0.15) is 42.1 Å². The fourth-order valence-electron chi connectivity index (χ4n) is 5.33. The number of quaternary nitrogens is 2. The number of unbranched alkanes of at least 4 members (excludes halogenated alkanes) is 1. The predicted octanol–water partition coefficient (Wildman–Crippen LogP) is 4.93. The van der Waals surface area contributed by atoms with Gasteiger partial charge < -0.3 is 9.47 Å². The lowest BCUT2D eigenvalue weighted by atomic mass is 10.0.